The number of aryl methyl sites for hydroxylation is 1. The van der Waals surface area contributed by atoms with E-state index in [-0.39, 0.29) is 36.9 Å². The smallest absolute Gasteiger partial charge is 0.656 e. The van der Waals surface area contributed by atoms with Crippen LogP contribution in [-0.2, 0) is 35.5 Å². The number of carbonyl (C=O) groups excluding carboxylic acids is 2. The third kappa shape index (κ3) is 12.0. The Morgan fingerprint density at radius 2 is 1.22 bits per heavy atom. The number of benzene rings is 2. The minimum absolute atomic E-state index is 0. The Balaban J connectivity index is 0.000000170. The van der Waals surface area contributed by atoms with Crippen LogP contribution in [0.25, 0.3) is 108 Å². The molecule has 1 aliphatic rings. The van der Waals surface area contributed by atoms with Gasteiger partial charge in [-0.25, -0.2) is 23.7 Å². The molecule has 0 aliphatic carbocycles. The molecule has 12 aromatic rings. The predicted octanol–water partition coefficient (Wildman–Crippen LogP) is 15.4. The fourth-order valence-electron chi connectivity index (χ4n) is 9.25. The van der Waals surface area contributed by atoms with Gasteiger partial charge >= 0.3 is 19.5 Å². The Morgan fingerprint density at radius 1 is 0.568 bits per heavy atom. The van der Waals surface area contributed by atoms with Gasteiger partial charge in [-0.2, -0.15) is 0 Å². The summed E-state index contributed by atoms with van der Waals surface area (Å²) in [6.07, 6.45) is 8.97. The number of hydrogen-bond donors (Lipinski definition) is 0. The number of rotatable bonds is 17. The first-order valence-electron chi connectivity index (χ1n) is 25.4. The van der Waals surface area contributed by atoms with Gasteiger partial charge in [0.25, 0.3) is 12.9 Å². The quantitative estimate of drug-likeness (QED) is 0.0481. The van der Waals surface area contributed by atoms with Crippen LogP contribution in [0.3, 0.4) is 0 Å². The monoisotopic (exact) mass is 1240 g/mol. The Hall–Kier alpha value is -8.13. The summed E-state index contributed by atoms with van der Waals surface area (Å²) in [6, 6.07) is 35.4. The van der Waals surface area contributed by atoms with E-state index >= 15 is 0 Å². The summed E-state index contributed by atoms with van der Waals surface area (Å²) in [7, 11) is 0. The molecule has 0 atom stereocenters. The van der Waals surface area contributed by atoms with Crippen LogP contribution < -0.4 is 28.9 Å². The van der Waals surface area contributed by atoms with Crippen molar-refractivity contribution < 1.29 is 56.8 Å². The average molecular weight is 1240 g/mol. The van der Waals surface area contributed by atoms with Crippen LogP contribution in [-0.4, -0.2) is 51.1 Å². The summed E-state index contributed by atoms with van der Waals surface area (Å²) in [5.41, 5.74) is 8.19. The first kappa shape index (κ1) is 54.8. The molecule has 0 saturated carbocycles. The Morgan fingerprint density at radius 3 is 1.94 bits per heavy atom. The van der Waals surface area contributed by atoms with Crippen molar-refractivity contribution in [1.29, 1.82) is 0 Å². The van der Waals surface area contributed by atoms with Gasteiger partial charge < -0.3 is 28.9 Å². The van der Waals surface area contributed by atoms with Crippen LogP contribution in [0.2, 0.25) is 0 Å². The van der Waals surface area contributed by atoms with Crippen LogP contribution in [0.1, 0.15) is 38.2 Å². The Kier molecular flexibility index (Phi) is 16.7. The standard InChI is InChI=1S/C31H19N3O6S3.C30H24F2N4S.Ru/c35-16-39-19-6-8-33-22(13-19)24-15-20(40-17-36)14-23(34-24)21-12-18(5-7-32-21)25-3-4-27(42-25)31-29-28(37-9-10-38-29)30(43-31)26-2-1-11-41-26;1-2-3-4-5-6-18-11-12-37-29(18)27-17-26(25-15-19-13-21(31)7-9-23(19)33-25)35-30(36-27)28-16-20-14-22(32)8-10-24(20)34-28;/h1-8,11-17H,9-10H2;7-17H,2-6H2,1H3;/q;-2;+2. The molecule has 13 nitrogen and oxygen atoms in total. The summed E-state index contributed by atoms with van der Waals surface area (Å²) in [5.74, 6) is 2.03. The van der Waals surface area contributed by atoms with Gasteiger partial charge in [0, 0.05) is 45.2 Å². The number of aromatic nitrogens is 7. The van der Waals surface area contributed by atoms with E-state index in [9.17, 15) is 18.4 Å². The maximum absolute atomic E-state index is 13.8. The molecule has 0 bridgehead atoms. The molecule has 20 heteroatoms. The summed E-state index contributed by atoms with van der Waals surface area (Å²) in [6.45, 7) is 3.94. The average Bonchev–Trinajstić information content (AvgIpc) is 4.47. The third-order valence-electron chi connectivity index (χ3n) is 13.0. The van der Waals surface area contributed by atoms with Gasteiger partial charge in [0.1, 0.15) is 42.2 Å². The molecule has 404 valence electrons. The SMILES string of the molecule is CCCCCCc1ccsc1-c1cc(-c2cc3cc(F)ccc3[n-]2)nc(-c2cc3cc(F)ccc3[n-]2)n1.O=COc1ccnc(-c2cc(OC=O)cc(-c3cc(-c4ccc(-c5sc(-c6cccs6)c6c5OCCO6)s4)ccn3)n2)c1.[Ru+2]. The Labute approximate surface area is 491 Å². The summed E-state index contributed by atoms with van der Waals surface area (Å²) in [4.78, 5) is 61.2. The molecule has 0 amide bonds. The van der Waals surface area contributed by atoms with E-state index in [1.807, 2.05) is 36.4 Å². The zero-order valence-electron chi connectivity index (χ0n) is 42.8. The molecule has 2 aromatic carbocycles. The van der Waals surface area contributed by atoms with Crippen molar-refractivity contribution in [3.8, 4) is 109 Å². The summed E-state index contributed by atoms with van der Waals surface area (Å²) in [5, 5.41) is 5.58. The number of halogens is 2. The van der Waals surface area contributed by atoms with Gasteiger partial charge in [-0.05, 0) is 118 Å². The van der Waals surface area contributed by atoms with Gasteiger partial charge in [-0.1, -0.05) is 62.2 Å². The van der Waals surface area contributed by atoms with E-state index in [0.29, 0.717) is 94.0 Å². The van der Waals surface area contributed by atoms with Crippen molar-refractivity contribution in [3.63, 3.8) is 0 Å². The number of hydrogen-bond acceptors (Lipinski definition) is 15. The van der Waals surface area contributed by atoms with Crippen LogP contribution in [0.5, 0.6) is 23.0 Å². The van der Waals surface area contributed by atoms with E-state index in [1.54, 1.807) is 87.9 Å². The second kappa shape index (κ2) is 24.7. The number of thiophene rings is 4. The van der Waals surface area contributed by atoms with Crippen LogP contribution in [0, 0.1) is 11.6 Å². The van der Waals surface area contributed by atoms with Crippen molar-refractivity contribution in [2.75, 3.05) is 13.2 Å². The number of unbranched alkanes of at least 4 members (excludes halogenated alkanes) is 3. The summed E-state index contributed by atoms with van der Waals surface area (Å²) < 4.78 is 49.9. The molecular weight excluding hydrogens is 1190 g/mol. The van der Waals surface area contributed by atoms with Crippen LogP contribution in [0.4, 0.5) is 8.78 Å². The number of nitrogens with zero attached hydrogens (tertiary/aromatic N) is 7. The number of carbonyl (C=O) groups is 2. The number of fused-ring (bicyclic) bond motifs is 3. The van der Waals surface area contributed by atoms with Crippen LogP contribution >= 0.6 is 45.3 Å². The van der Waals surface area contributed by atoms with Crippen molar-refractivity contribution in [3.05, 3.63) is 162 Å². The molecule has 0 unspecified atom stereocenters. The molecule has 0 N–H and O–H groups in total. The van der Waals surface area contributed by atoms with Crippen molar-refractivity contribution in [1.82, 2.24) is 34.9 Å². The van der Waals surface area contributed by atoms with E-state index in [2.05, 4.69) is 56.9 Å². The molecule has 1 aliphatic heterocycles. The fourth-order valence-corrected chi connectivity index (χ4v) is 13.3. The van der Waals surface area contributed by atoms with Gasteiger partial charge in [0.15, 0.2) is 11.5 Å². The predicted molar refractivity (Wildman–Crippen MR) is 311 cm³/mol. The zero-order valence-corrected chi connectivity index (χ0v) is 47.8. The second-order valence-corrected chi connectivity index (χ2v) is 22.3. The van der Waals surface area contributed by atoms with Gasteiger partial charge in [0.2, 0.25) is 0 Å². The van der Waals surface area contributed by atoms with Crippen LogP contribution in [0.15, 0.2) is 144 Å². The van der Waals surface area contributed by atoms with E-state index in [0.717, 1.165) is 70.2 Å². The van der Waals surface area contributed by atoms with Crippen molar-refractivity contribution in [2.24, 2.45) is 0 Å². The first-order chi connectivity index (χ1) is 39.3. The van der Waals surface area contributed by atoms with E-state index in [1.165, 1.54) is 55.3 Å². The molecule has 0 spiro atoms. The number of ether oxygens (including phenoxy) is 4. The molecule has 0 fully saturated rings. The molecule has 81 heavy (non-hydrogen) atoms. The molecule has 13 rings (SSSR count). The minimum Gasteiger partial charge on any atom is -0.656 e. The number of pyridine rings is 3. The minimum atomic E-state index is -0.312. The molecule has 0 saturated heterocycles. The first-order valence-corrected chi connectivity index (χ1v) is 28.8. The van der Waals surface area contributed by atoms with E-state index < -0.39 is 0 Å². The van der Waals surface area contributed by atoms with Crippen molar-refractivity contribution >= 4 is 80.1 Å². The Bertz CT molecular complexity index is 4110. The largest absolute Gasteiger partial charge is 2.00 e. The second-order valence-electron chi connectivity index (χ2n) is 18.3. The molecule has 10 aromatic heterocycles. The van der Waals surface area contributed by atoms with Gasteiger partial charge in [-0.3, -0.25) is 19.6 Å². The zero-order chi connectivity index (χ0) is 54.5. The third-order valence-corrected chi connectivity index (χ3v) is 17.5. The maximum atomic E-state index is 13.8. The summed E-state index contributed by atoms with van der Waals surface area (Å²) >= 11 is 6.66. The fraction of sp³-hybridized carbons (Fsp3) is 0.131. The van der Waals surface area contributed by atoms with Crippen molar-refractivity contribution in [2.45, 2.75) is 39.0 Å². The molecular formula is C61H43F2N7O6RuS4. The van der Waals surface area contributed by atoms with E-state index in [4.69, 9.17) is 38.9 Å². The topological polar surface area (TPSA) is 164 Å². The van der Waals surface area contributed by atoms with Gasteiger partial charge in [0.05, 0.1) is 48.8 Å². The normalized spacial score (nSPS) is 11.7. The van der Waals surface area contributed by atoms with Gasteiger partial charge in [-0.15, -0.1) is 62.1 Å². The maximum Gasteiger partial charge on any atom is 2.00 e. The molecule has 11 heterocycles. The molecule has 0 radical (unpaired) electrons.